The van der Waals surface area contributed by atoms with Gasteiger partial charge in [-0.25, -0.2) is 0 Å². The Morgan fingerprint density at radius 2 is 2.21 bits per heavy atom. The largest absolute Gasteiger partial charge is 0.379 e. The van der Waals surface area contributed by atoms with Crippen molar-refractivity contribution in [1.82, 2.24) is 9.78 Å². The van der Waals surface area contributed by atoms with Crippen LogP contribution in [0.2, 0.25) is 5.02 Å². The Morgan fingerprint density at radius 1 is 1.37 bits per heavy atom. The quantitative estimate of drug-likeness (QED) is 0.783. The van der Waals surface area contributed by atoms with Crippen LogP contribution in [0, 0.1) is 6.92 Å². The van der Waals surface area contributed by atoms with Gasteiger partial charge in [0.15, 0.2) is 0 Å². The first-order valence-corrected chi connectivity index (χ1v) is 7.30. The van der Waals surface area contributed by atoms with Gasteiger partial charge in [0.05, 0.1) is 23.0 Å². The Bertz CT molecular complexity index is 729. The molecule has 0 fully saturated rings. The lowest BCUT2D eigenvalue weighted by molar-refractivity contribution is 0.713. The topological polar surface area (TPSA) is 29.9 Å². The zero-order chi connectivity index (χ0) is 13.4. The standard InChI is InChI=1S/C14H14ClN3S/c1-9-14(15)12(18(2)17-9)8-16-11-3-4-13-10(7-11)5-6-19-13/h3-7,16H,8H2,1-2H3. The lowest BCUT2D eigenvalue weighted by Crippen LogP contribution is -2.05. The summed E-state index contributed by atoms with van der Waals surface area (Å²) in [5, 5.41) is 11.8. The highest BCUT2D eigenvalue weighted by molar-refractivity contribution is 7.17. The summed E-state index contributed by atoms with van der Waals surface area (Å²) in [4.78, 5) is 0. The molecule has 2 aromatic heterocycles. The van der Waals surface area contributed by atoms with Gasteiger partial charge in [0.1, 0.15) is 0 Å². The molecular weight excluding hydrogens is 278 g/mol. The molecule has 0 bridgehead atoms. The van der Waals surface area contributed by atoms with Gasteiger partial charge in [0.2, 0.25) is 0 Å². The lowest BCUT2D eigenvalue weighted by Gasteiger charge is -2.07. The average Bonchev–Trinajstić information content (AvgIpc) is 2.94. The molecule has 1 N–H and O–H groups in total. The monoisotopic (exact) mass is 291 g/mol. The maximum Gasteiger partial charge on any atom is 0.0865 e. The summed E-state index contributed by atoms with van der Waals surface area (Å²) >= 11 is 7.99. The van der Waals surface area contributed by atoms with Crippen molar-refractivity contribution in [3.05, 3.63) is 46.1 Å². The van der Waals surface area contributed by atoms with Gasteiger partial charge < -0.3 is 5.32 Å². The second-order valence-electron chi connectivity index (χ2n) is 4.50. The first-order chi connectivity index (χ1) is 9.15. The van der Waals surface area contributed by atoms with E-state index in [2.05, 4.69) is 40.1 Å². The molecule has 3 nitrogen and oxygen atoms in total. The molecule has 19 heavy (non-hydrogen) atoms. The predicted octanol–water partition coefficient (Wildman–Crippen LogP) is 4.21. The van der Waals surface area contributed by atoms with Crippen LogP contribution in [0.4, 0.5) is 5.69 Å². The fourth-order valence-electron chi connectivity index (χ4n) is 2.13. The molecule has 0 spiro atoms. The minimum atomic E-state index is 0.672. The van der Waals surface area contributed by atoms with Crippen molar-refractivity contribution in [3.8, 4) is 0 Å². The number of thiophene rings is 1. The molecule has 3 aromatic rings. The number of anilines is 1. The van der Waals surface area contributed by atoms with E-state index >= 15 is 0 Å². The zero-order valence-corrected chi connectivity index (χ0v) is 12.3. The molecular formula is C14H14ClN3S. The van der Waals surface area contributed by atoms with Crippen molar-refractivity contribution in [2.75, 3.05) is 5.32 Å². The van der Waals surface area contributed by atoms with E-state index in [1.165, 1.54) is 10.1 Å². The summed E-state index contributed by atoms with van der Waals surface area (Å²) in [7, 11) is 1.91. The molecule has 0 unspecified atom stereocenters. The van der Waals surface area contributed by atoms with Crippen LogP contribution in [-0.4, -0.2) is 9.78 Å². The van der Waals surface area contributed by atoms with Crippen molar-refractivity contribution in [3.63, 3.8) is 0 Å². The molecule has 98 valence electrons. The number of nitrogens with zero attached hydrogens (tertiary/aromatic N) is 2. The van der Waals surface area contributed by atoms with E-state index in [1.807, 2.05) is 18.7 Å². The summed E-state index contributed by atoms with van der Waals surface area (Å²) in [6.07, 6.45) is 0. The van der Waals surface area contributed by atoms with E-state index in [-0.39, 0.29) is 0 Å². The molecule has 1 aromatic carbocycles. The van der Waals surface area contributed by atoms with Gasteiger partial charge >= 0.3 is 0 Å². The van der Waals surface area contributed by atoms with E-state index < -0.39 is 0 Å². The predicted molar refractivity (Wildman–Crippen MR) is 82.1 cm³/mol. The lowest BCUT2D eigenvalue weighted by atomic mass is 10.2. The van der Waals surface area contributed by atoms with Crippen LogP contribution < -0.4 is 5.32 Å². The van der Waals surface area contributed by atoms with Crippen LogP contribution in [0.1, 0.15) is 11.4 Å². The average molecular weight is 292 g/mol. The molecule has 0 radical (unpaired) electrons. The first-order valence-electron chi connectivity index (χ1n) is 6.04. The Hall–Kier alpha value is -1.52. The minimum absolute atomic E-state index is 0.672. The van der Waals surface area contributed by atoms with E-state index in [0.717, 1.165) is 22.1 Å². The smallest absolute Gasteiger partial charge is 0.0865 e. The fraction of sp³-hybridized carbons (Fsp3) is 0.214. The van der Waals surface area contributed by atoms with Crippen LogP contribution >= 0.6 is 22.9 Å². The number of hydrogen-bond acceptors (Lipinski definition) is 3. The van der Waals surface area contributed by atoms with E-state index in [9.17, 15) is 0 Å². The number of hydrogen-bond donors (Lipinski definition) is 1. The van der Waals surface area contributed by atoms with Crippen molar-refractivity contribution in [2.24, 2.45) is 7.05 Å². The molecule has 0 aliphatic heterocycles. The number of aromatic nitrogens is 2. The van der Waals surface area contributed by atoms with Crippen molar-refractivity contribution >= 4 is 38.7 Å². The number of aryl methyl sites for hydroxylation is 2. The van der Waals surface area contributed by atoms with E-state index in [0.29, 0.717) is 6.54 Å². The van der Waals surface area contributed by atoms with Gasteiger partial charge in [-0.15, -0.1) is 11.3 Å². The van der Waals surface area contributed by atoms with Crippen molar-refractivity contribution < 1.29 is 0 Å². The molecule has 5 heteroatoms. The molecule has 0 atom stereocenters. The molecule has 0 aliphatic rings. The van der Waals surface area contributed by atoms with Gasteiger partial charge in [0, 0.05) is 17.4 Å². The maximum atomic E-state index is 6.24. The zero-order valence-electron chi connectivity index (χ0n) is 10.8. The third kappa shape index (κ3) is 2.33. The third-order valence-corrected chi connectivity index (χ3v) is 4.56. The van der Waals surface area contributed by atoms with Gasteiger partial charge in [-0.3, -0.25) is 4.68 Å². The molecule has 2 heterocycles. The van der Waals surface area contributed by atoms with Crippen molar-refractivity contribution in [2.45, 2.75) is 13.5 Å². The summed E-state index contributed by atoms with van der Waals surface area (Å²) in [6, 6.07) is 8.52. The molecule has 0 saturated heterocycles. The Balaban J connectivity index is 1.81. The second-order valence-corrected chi connectivity index (χ2v) is 5.82. The third-order valence-electron chi connectivity index (χ3n) is 3.17. The maximum absolute atomic E-state index is 6.24. The highest BCUT2D eigenvalue weighted by atomic mass is 35.5. The van der Waals surface area contributed by atoms with E-state index in [4.69, 9.17) is 11.6 Å². The Labute approximate surface area is 120 Å². The highest BCUT2D eigenvalue weighted by Crippen LogP contribution is 2.25. The van der Waals surface area contributed by atoms with Gasteiger partial charge in [-0.1, -0.05) is 11.6 Å². The van der Waals surface area contributed by atoms with Gasteiger partial charge in [0.25, 0.3) is 0 Å². The van der Waals surface area contributed by atoms with Crippen LogP contribution in [-0.2, 0) is 13.6 Å². The van der Waals surface area contributed by atoms with Crippen LogP contribution in [0.5, 0.6) is 0 Å². The molecule has 0 saturated carbocycles. The second kappa shape index (κ2) is 4.87. The normalized spacial score (nSPS) is 11.1. The summed E-state index contributed by atoms with van der Waals surface area (Å²) in [5.74, 6) is 0. The van der Waals surface area contributed by atoms with Gasteiger partial charge in [-0.05, 0) is 42.0 Å². The van der Waals surface area contributed by atoms with Crippen LogP contribution in [0.3, 0.4) is 0 Å². The van der Waals surface area contributed by atoms with Crippen molar-refractivity contribution in [1.29, 1.82) is 0 Å². The fourth-order valence-corrected chi connectivity index (χ4v) is 3.13. The number of rotatable bonds is 3. The van der Waals surface area contributed by atoms with E-state index in [1.54, 1.807) is 11.3 Å². The first kappa shape index (κ1) is 12.5. The summed E-state index contributed by atoms with van der Waals surface area (Å²) < 4.78 is 3.13. The Morgan fingerprint density at radius 3 is 2.95 bits per heavy atom. The highest BCUT2D eigenvalue weighted by Gasteiger charge is 2.10. The summed E-state index contributed by atoms with van der Waals surface area (Å²) in [5.41, 5.74) is 2.97. The molecule has 0 amide bonds. The molecule has 3 rings (SSSR count). The van der Waals surface area contributed by atoms with Crippen LogP contribution in [0.25, 0.3) is 10.1 Å². The molecule has 0 aliphatic carbocycles. The number of benzene rings is 1. The number of fused-ring (bicyclic) bond motifs is 1. The SMILES string of the molecule is Cc1nn(C)c(CNc2ccc3sccc3c2)c1Cl. The number of nitrogens with one attached hydrogen (secondary N) is 1. The Kier molecular flexibility index (Phi) is 3.21. The summed E-state index contributed by atoms with van der Waals surface area (Å²) in [6.45, 7) is 2.59. The van der Waals surface area contributed by atoms with Crippen LogP contribution in [0.15, 0.2) is 29.6 Å². The number of halogens is 1. The minimum Gasteiger partial charge on any atom is -0.379 e. The van der Waals surface area contributed by atoms with Gasteiger partial charge in [-0.2, -0.15) is 5.10 Å².